The predicted molar refractivity (Wildman–Crippen MR) is 88.1 cm³/mol. The van der Waals surface area contributed by atoms with E-state index < -0.39 is 0 Å². The van der Waals surface area contributed by atoms with Crippen LogP contribution in [0.15, 0.2) is 45.1 Å². The van der Waals surface area contributed by atoms with Gasteiger partial charge in [0.1, 0.15) is 0 Å². The van der Waals surface area contributed by atoms with Crippen LogP contribution in [0.1, 0.15) is 44.6 Å². The van der Waals surface area contributed by atoms with Crippen LogP contribution in [0.25, 0.3) is 0 Å². The number of halogens is 1. The first-order valence-corrected chi connectivity index (χ1v) is 8.30. The fourth-order valence-corrected chi connectivity index (χ4v) is 3.38. The second-order valence-electron chi connectivity index (χ2n) is 5.80. The van der Waals surface area contributed by atoms with Gasteiger partial charge in [-0.3, -0.25) is 10.2 Å². The fourth-order valence-electron chi connectivity index (χ4n) is 3.12. The lowest BCUT2D eigenvalue weighted by molar-refractivity contribution is -0.117. The molecule has 21 heavy (non-hydrogen) atoms. The van der Waals surface area contributed by atoms with E-state index in [0.717, 1.165) is 46.3 Å². The predicted octanol–water partition coefficient (Wildman–Crippen LogP) is 4.18. The maximum atomic E-state index is 12.4. The van der Waals surface area contributed by atoms with Crippen molar-refractivity contribution in [3.05, 3.63) is 45.6 Å². The minimum atomic E-state index is 0.298. The summed E-state index contributed by atoms with van der Waals surface area (Å²) in [6.07, 6.45) is 4.57. The lowest BCUT2D eigenvalue weighted by Gasteiger charge is -2.29. The van der Waals surface area contributed by atoms with Crippen LogP contribution in [0.3, 0.4) is 0 Å². The molecule has 4 heteroatoms. The highest BCUT2D eigenvalue weighted by molar-refractivity contribution is 9.10. The highest BCUT2D eigenvalue weighted by Crippen LogP contribution is 2.32. The highest BCUT2D eigenvalue weighted by atomic mass is 79.9. The summed E-state index contributed by atoms with van der Waals surface area (Å²) in [5.74, 6) is 0.782. The van der Waals surface area contributed by atoms with Crippen LogP contribution in [0.4, 0.5) is 0 Å². The van der Waals surface area contributed by atoms with Gasteiger partial charge in [-0.05, 0) is 36.5 Å². The number of Topliss-reactive ketones (excluding diaryl/α,β-unsaturated/α-hetero) is 1. The molecule has 1 unspecified atom stereocenters. The van der Waals surface area contributed by atoms with E-state index in [9.17, 15) is 4.79 Å². The van der Waals surface area contributed by atoms with Crippen molar-refractivity contribution in [3.63, 3.8) is 0 Å². The van der Waals surface area contributed by atoms with Crippen LogP contribution in [-0.4, -0.2) is 11.5 Å². The van der Waals surface area contributed by atoms with Gasteiger partial charge in [-0.2, -0.15) is 5.10 Å². The third kappa shape index (κ3) is 3.10. The van der Waals surface area contributed by atoms with Crippen molar-refractivity contribution >= 4 is 27.4 Å². The fraction of sp³-hybridized carbons (Fsp3) is 0.412. The maximum absolute atomic E-state index is 12.4. The quantitative estimate of drug-likeness (QED) is 0.891. The first kappa shape index (κ1) is 14.5. The van der Waals surface area contributed by atoms with Crippen molar-refractivity contribution in [1.29, 1.82) is 0 Å². The van der Waals surface area contributed by atoms with Crippen molar-refractivity contribution in [2.24, 2.45) is 11.0 Å². The van der Waals surface area contributed by atoms with E-state index in [1.165, 1.54) is 0 Å². The molecule has 0 radical (unpaired) electrons. The smallest absolute Gasteiger partial charge is 0.161 e. The number of benzene rings is 1. The van der Waals surface area contributed by atoms with Gasteiger partial charge in [0, 0.05) is 28.6 Å². The minimum absolute atomic E-state index is 0.298. The molecular weight excluding hydrogens is 328 g/mol. The summed E-state index contributed by atoms with van der Waals surface area (Å²) >= 11 is 3.44. The van der Waals surface area contributed by atoms with E-state index in [-0.39, 0.29) is 0 Å². The summed E-state index contributed by atoms with van der Waals surface area (Å²) in [6, 6.07) is 8.07. The molecule has 2 aliphatic rings. The summed E-state index contributed by atoms with van der Waals surface area (Å²) in [7, 11) is 0. The normalized spacial score (nSPS) is 21.7. The zero-order valence-corrected chi connectivity index (χ0v) is 13.7. The second kappa shape index (κ2) is 6.14. The van der Waals surface area contributed by atoms with Crippen LogP contribution < -0.4 is 5.43 Å². The van der Waals surface area contributed by atoms with E-state index in [1.807, 2.05) is 24.3 Å². The Balaban J connectivity index is 1.78. The van der Waals surface area contributed by atoms with E-state index in [0.29, 0.717) is 24.5 Å². The molecular formula is C17H19BrN2O. The Morgan fingerprint density at radius 3 is 2.76 bits per heavy atom. The molecule has 1 heterocycles. The molecule has 1 atom stereocenters. The van der Waals surface area contributed by atoms with Gasteiger partial charge in [-0.25, -0.2) is 0 Å². The maximum Gasteiger partial charge on any atom is 0.161 e. The molecule has 1 N–H and O–H groups in total. The highest BCUT2D eigenvalue weighted by Gasteiger charge is 2.30. The molecule has 3 nitrogen and oxygen atoms in total. The number of rotatable bonds is 3. The third-order valence-electron chi connectivity index (χ3n) is 4.21. The first-order valence-electron chi connectivity index (χ1n) is 7.51. The van der Waals surface area contributed by atoms with Gasteiger partial charge in [0.05, 0.1) is 5.71 Å². The molecule has 1 aliphatic carbocycles. The van der Waals surface area contributed by atoms with Crippen LogP contribution in [-0.2, 0) is 4.79 Å². The third-order valence-corrected chi connectivity index (χ3v) is 4.74. The van der Waals surface area contributed by atoms with Gasteiger partial charge in [-0.15, -0.1) is 0 Å². The lowest BCUT2D eigenvalue weighted by atomic mass is 9.81. The van der Waals surface area contributed by atoms with E-state index >= 15 is 0 Å². The zero-order chi connectivity index (χ0) is 14.8. The first-order chi connectivity index (χ1) is 10.2. The van der Waals surface area contributed by atoms with Crippen molar-refractivity contribution in [2.75, 3.05) is 0 Å². The molecule has 0 bridgehead atoms. The monoisotopic (exact) mass is 346 g/mol. The average Bonchev–Trinajstić information content (AvgIpc) is 2.48. The topological polar surface area (TPSA) is 41.5 Å². The van der Waals surface area contributed by atoms with E-state index in [1.54, 1.807) is 0 Å². The molecule has 1 aromatic carbocycles. The number of carbonyl (C=O) groups excluding carboxylic acids is 1. The number of ketones is 1. The minimum Gasteiger partial charge on any atom is -0.294 e. The van der Waals surface area contributed by atoms with Crippen molar-refractivity contribution in [2.45, 2.75) is 39.0 Å². The Bertz CT molecular complexity index is 616. The molecule has 1 aromatic rings. The molecule has 110 valence electrons. The van der Waals surface area contributed by atoms with Crippen LogP contribution >= 0.6 is 15.9 Å². The Labute approximate surface area is 133 Å². The molecule has 0 saturated heterocycles. The van der Waals surface area contributed by atoms with Crippen molar-refractivity contribution < 1.29 is 4.79 Å². The van der Waals surface area contributed by atoms with E-state index in [4.69, 9.17) is 0 Å². The van der Waals surface area contributed by atoms with Crippen molar-refractivity contribution in [3.8, 4) is 0 Å². The SMILES string of the molecule is CCCC1CC(=O)C2=C(C1)NN=C(c1ccc(Br)cc1)C2. The standard InChI is InChI=1S/C17H19BrN2O/c1-2-3-11-8-16-14(17(21)9-11)10-15(19-20-16)12-4-6-13(18)7-5-12/h4-7,11,20H,2-3,8-10H2,1H3. The summed E-state index contributed by atoms with van der Waals surface area (Å²) in [5.41, 5.74) is 7.14. The number of nitrogens with zero attached hydrogens (tertiary/aromatic N) is 1. The number of hydrogen-bond acceptors (Lipinski definition) is 3. The Morgan fingerprint density at radius 1 is 1.29 bits per heavy atom. The molecule has 0 spiro atoms. The van der Waals surface area contributed by atoms with Crippen LogP contribution in [0, 0.1) is 5.92 Å². The molecule has 0 fully saturated rings. The van der Waals surface area contributed by atoms with Gasteiger partial charge in [0.2, 0.25) is 0 Å². The van der Waals surface area contributed by atoms with Gasteiger partial charge >= 0.3 is 0 Å². The van der Waals surface area contributed by atoms with Crippen molar-refractivity contribution in [1.82, 2.24) is 5.43 Å². The summed E-state index contributed by atoms with van der Waals surface area (Å²) in [6.45, 7) is 2.17. The van der Waals surface area contributed by atoms with Crippen LogP contribution in [0.5, 0.6) is 0 Å². The van der Waals surface area contributed by atoms with E-state index in [2.05, 4.69) is 33.4 Å². The number of hydrogen-bond donors (Lipinski definition) is 1. The molecule has 0 amide bonds. The summed E-state index contributed by atoms with van der Waals surface area (Å²) in [4.78, 5) is 12.4. The van der Waals surface area contributed by atoms with Gasteiger partial charge < -0.3 is 0 Å². The average molecular weight is 347 g/mol. The number of allylic oxidation sites excluding steroid dienone is 2. The van der Waals surface area contributed by atoms with Crippen LogP contribution in [0.2, 0.25) is 0 Å². The molecule has 1 aliphatic heterocycles. The molecule has 3 rings (SSSR count). The Kier molecular flexibility index (Phi) is 4.24. The number of hydrazone groups is 1. The summed E-state index contributed by atoms with van der Waals surface area (Å²) in [5, 5.41) is 4.48. The number of carbonyl (C=O) groups is 1. The van der Waals surface area contributed by atoms with Gasteiger partial charge in [0.25, 0.3) is 0 Å². The largest absolute Gasteiger partial charge is 0.294 e. The second-order valence-corrected chi connectivity index (χ2v) is 6.71. The van der Waals surface area contributed by atoms with Gasteiger partial charge in [-0.1, -0.05) is 41.4 Å². The Morgan fingerprint density at radius 2 is 2.05 bits per heavy atom. The lowest BCUT2D eigenvalue weighted by Crippen LogP contribution is -2.30. The summed E-state index contributed by atoms with van der Waals surface area (Å²) < 4.78 is 1.05. The molecule has 0 aromatic heterocycles. The zero-order valence-electron chi connectivity index (χ0n) is 12.2. The number of nitrogens with one attached hydrogen (secondary N) is 1. The van der Waals surface area contributed by atoms with Gasteiger partial charge in [0.15, 0.2) is 5.78 Å². The molecule has 0 saturated carbocycles. The Hall–Kier alpha value is -1.42.